The molecule has 0 spiro atoms. The van der Waals surface area contributed by atoms with Gasteiger partial charge in [-0.05, 0) is 13.8 Å². The SMILES string of the molecule is CCNc1cc([N+](=O)[O-])cc(-c2cnn(CC)c2)n1. The molecule has 0 bridgehead atoms. The summed E-state index contributed by atoms with van der Waals surface area (Å²) in [5, 5.41) is 18.1. The first-order valence-electron chi connectivity index (χ1n) is 6.07. The number of aromatic nitrogens is 3. The van der Waals surface area contributed by atoms with Crippen LogP contribution >= 0.6 is 0 Å². The zero-order valence-corrected chi connectivity index (χ0v) is 10.8. The van der Waals surface area contributed by atoms with Gasteiger partial charge in [0.1, 0.15) is 5.82 Å². The highest BCUT2D eigenvalue weighted by atomic mass is 16.6. The molecule has 0 unspecified atom stereocenters. The third-order valence-electron chi connectivity index (χ3n) is 2.63. The Hall–Kier alpha value is -2.44. The molecule has 0 aromatic carbocycles. The molecule has 100 valence electrons. The molecule has 0 aliphatic rings. The Balaban J connectivity index is 2.46. The van der Waals surface area contributed by atoms with Crippen LogP contribution in [0.3, 0.4) is 0 Å². The van der Waals surface area contributed by atoms with Gasteiger partial charge in [-0.15, -0.1) is 0 Å². The monoisotopic (exact) mass is 261 g/mol. The van der Waals surface area contributed by atoms with E-state index in [9.17, 15) is 10.1 Å². The number of hydrogen-bond donors (Lipinski definition) is 1. The molecule has 19 heavy (non-hydrogen) atoms. The lowest BCUT2D eigenvalue weighted by Gasteiger charge is -2.04. The van der Waals surface area contributed by atoms with Crippen molar-refractivity contribution in [3.63, 3.8) is 0 Å². The second-order valence-corrected chi connectivity index (χ2v) is 3.97. The van der Waals surface area contributed by atoms with Crippen molar-refractivity contribution in [2.75, 3.05) is 11.9 Å². The molecule has 0 aliphatic heterocycles. The van der Waals surface area contributed by atoms with Crippen LogP contribution in [0.5, 0.6) is 0 Å². The largest absolute Gasteiger partial charge is 0.370 e. The second-order valence-electron chi connectivity index (χ2n) is 3.97. The van der Waals surface area contributed by atoms with E-state index in [1.165, 1.54) is 12.1 Å². The lowest BCUT2D eigenvalue weighted by molar-refractivity contribution is -0.384. The van der Waals surface area contributed by atoms with Gasteiger partial charge in [-0.2, -0.15) is 5.10 Å². The molecule has 2 heterocycles. The molecule has 7 nitrogen and oxygen atoms in total. The number of pyridine rings is 1. The number of nitrogens with one attached hydrogen (secondary N) is 1. The minimum absolute atomic E-state index is 0.0187. The Kier molecular flexibility index (Phi) is 3.74. The topological polar surface area (TPSA) is 85.9 Å². The Labute approximate surface area is 110 Å². The third kappa shape index (κ3) is 2.87. The highest BCUT2D eigenvalue weighted by Gasteiger charge is 2.13. The maximum absolute atomic E-state index is 10.9. The summed E-state index contributed by atoms with van der Waals surface area (Å²) < 4.78 is 1.75. The molecule has 0 atom stereocenters. The van der Waals surface area contributed by atoms with Crippen molar-refractivity contribution in [1.29, 1.82) is 0 Å². The van der Waals surface area contributed by atoms with Gasteiger partial charge in [0.15, 0.2) is 0 Å². The fraction of sp³-hybridized carbons (Fsp3) is 0.333. The van der Waals surface area contributed by atoms with Gasteiger partial charge in [0, 0.05) is 30.9 Å². The lowest BCUT2D eigenvalue weighted by atomic mass is 10.2. The van der Waals surface area contributed by atoms with Crippen LogP contribution in [0.25, 0.3) is 11.3 Å². The van der Waals surface area contributed by atoms with Crippen molar-refractivity contribution in [3.05, 3.63) is 34.6 Å². The summed E-state index contributed by atoms with van der Waals surface area (Å²) in [6, 6.07) is 2.88. The van der Waals surface area contributed by atoms with Gasteiger partial charge in [0.2, 0.25) is 0 Å². The molecular weight excluding hydrogens is 246 g/mol. The number of aryl methyl sites for hydroxylation is 1. The Morgan fingerprint density at radius 1 is 1.42 bits per heavy atom. The van der Waals surface area contributed by atoms with Gasteiger partial charge < -0.3 is 5.32 Å². The normalized spacial score (nSPS) is 10.4. The predicted octanol–water partition coefficient (Wildman–Crippen LogP) is 2.30. The molecule has 1 N–H and O–H groups in total. The van der Waals surface area contributed by atoms with Gasteiger partial charge in [-0.3, -0.25) is 14.8 Å². The summed E-state index contributed by atoms with van der Waals surface area (Å²) in [6.45, 7) is 5.29. The molecule has 2 aromatic rings. The van der Waals surface area contributed by atoms with Gasteiger partial charge in [0.25, 0.3) is 5.69 Å². The lowest BCUT2D eigenvalue weighted by Crippen LogP contribution is -2.01. The average molecular weight is 261 g/mol. The first kappa shape index (κ1) is 13.0. The first-order chi connectivity index (χ1) is 9.13. The van der Waals surface area contributed by atoms with Gasteiger partial charge in [0.05, 0.1) is 22.9 Å². The van der Waals surface area contributed by atoms with E-state index in [1.54, 1.807) is 10.9 Å². The van der Waals surface area contributed by atoms with Crippen LogP contribution < -0.4 is 5.32 Å². The Morgan fingerprint density at radius 2 is 2.21 bits per heavy atom. The summed E-state index contributed by atoms with van der Waals surface area (Å²) in [7, 11) is 0. The summed E-state index contributed by atoms with van der Waals surface area (Å²) in [6.07, 6.45) is 3.48. The molecule has 0 radical (unpaired) electrons. The zero-order chi connectivity index (χ0) is 13.8. The van der Waals surface area contributed by atoms with Crippen molar-refractivity contribution >= 4 is 11.5 Å². The van der Waals surface area contributed by atoms with Crippen molar-refractivity contribution in [2.24, 2.45) is 0 Å². The molecule has 0 fully saturated rings. The highest BCUT2D eigenvalue weighted by molar-refractivity contribution is 5.64. The van der Waals surface area contributed by atoms with Gasteiger partial charge >= 0.3 is 0 Å². The maximum atomic E-state index is 10.9. The van der Waals surface area contributed by atoms with Gasteiger partial charge in [-0.25, -0.2) is 4.98 Å². The fourth-order valence-corrected chi connectivity index (χ4v) is 1.71. The van der Waals surface area contributed by atoms with E-state index in [0.717, 1.165) is 12.1 Å². The number of rotatable bonds is 5. The maximum Gasteiger partial charge on any atom is 0.275 e. The minimum atomic E-state index is -0.420. The number of nitrogens with zero attached hydrogens (tertiary/aromatic N) is 4. The van der Waals surface area contributed by atoms with Gasteiger partial charge in [-0.1, -0.05) is 0 Å². The number of anilines is 1. The average Bonchev–Trinajstić information content (AvgIpc) is 2.87. The molecule has 2 aromatic heterocycles. The summed E-state index contributed by atoms with van der Waals surface area (Å²) in [5.74, 6) is 0.496. The molecule has 0 aliphatic carbocycles. The van der Waals surface area contributed by atoms with Crippen molar-refractivity contribution in [3.8, 4) is 11.3 Å². The van der Waals surface area contributed by atoms with Crippen LogP contribution in [0.2, 0.25) is 0 Å². The van der Waals surface area contributed by atoms with E-state index >= 15 is 0 Å². The summed E-state index contributed by atoms with van der Waals surface area (Å²) in [4.78, 5) is 14.9. The van der Waals surface area contributed by atoms with E-state index in [-0.39, 0.29) is 5.69 Å². The number of nitro groups is 1. The second kappa shape index (κ2) is 5.47. The first-order valence-corrected chi connectivity index (χ1v) is 6.07. The Morgan fingerprint density at radius 3 is 2.79 bits per heavy atom. The van der Waals surface area contributed by atoms with Crippen LogP contribution in [0, 0.1) is 10.1 Å². The third-order valence-corrected chi connectivity index (χ3v) is 2.63. The van der Waals surface area contributed by atoms with Crippen LogP contribution in [-0.2, 0) is 6.54 Å². The van der Waals surface area contributed by atoms with E-state index in [2.05, 4.69) is 15.4 Å². The van der Waals surface area contributed by atoms with E-state index in [4.69, 9.17) is 0 Å². The quantitative estimate of drug-likeness (QED) is 0.659. The molecule has 2 rings (SSSR count). The molecule has 7 heteroatoms. The Bertz CT molecular complexity index is 594. The smallest absolute Gasteiger partial charge is 0.275 e. The fourth-order valence-electron chi connectivity index (χ4n) is 1.71. The molecular formula is C12H15N5O2. The highest BCUT2D eigenvalue weighted by Crippen LogP contribution is 2.24. The van der Waals surface area contributed by atoms with Crippen LogP contribution in [0.1, 0.15) is 13.8 Å². The molecule has 0 saturated heterocycles. The standard InChI is InChI=1S/C12H15N5O2/c1-3-13-12-6-10(17(18)19)5-11(15-12)9-7-14-16(4-2)8-9/h5-8H,3-4H2,1-2H3,(H,13,15). The van der Waals surface area contributed by atoms with E-state index in [1.807, 2.05) is 20.0 Å². The van der Waals surface area contributed by atoms with Crippen LogP contribution in [0.4, 0.5) is 11.5 Å². The van der Waals surface area contributed by atoms with E-state index in [0.29, 0.717) is 18.1 Å². The number of hydrogen-bond acceptors (Lipinski definition) is 5. The van der Waals surface area contributed by atoms with E-state index < -0.39 is 4.92 Å². The zero-order valence-electron chi connectivity index (χ0n) is 10.8. The summed E-state index contributed by atoms with van der Waals surface area (Å²) >= 11 is 0. The molecule has 0 amide bonds. The van der Waals surface area contributed by atoms with Crippen molar-refractivity contribution in [1.82, 2.24) is 14.8 Å². The molecule has 0 saturated carbocycles. The summed E-state index contributed by atoms with van der Waals surface area (Å²) in [5.41, 5.74) is 1.33. The minimum Gasteiger partial charge on any atom is -0.370 e. The predicted molar refractivity (Wildman–Crippen MR) is 72.0 cm³/mol. The van der Waals surface area contributed by atoms with Crippen molar-refractivity contribution in [2.45, 2.75) is 20.4 Å². The van der Waals surface area contributed by atoms with Crippen LogP contribution in [-0.4, -0.2) is 26.2 Å². The van der Waals surface area contributed by atoms with Crippen molar-refractivity contribution < 1.29 is 4.92 Å². The van der Waals surface area contributed by atoms with Crippen LogP contribution in [0.15, 0.2) is 24.5 Å².